The Morgan fingerprint density at radius 1 is 1.18 bits per heavy atom. The molecule has 3 heterocycles. The molecule has 1 saturated heterocycles. The molecule has 3 aromatic rings. The summed E-state index contributed by atoms with van der Waals surface area (Å²) in [4.78, 5) is 35.1. The van der Waals surface area contributed by atoms with E-state index in [-0.39, 0.29) is 36.1 Å². The SMILES string of the molecule is COc1cc(NC2=CN3CCC(=O)CC(c4ccc(F)cc4)C3N2OC(=O)C(F)(F)F)ccc1-n1cnc(Cl)c1. The lowest BCUT2D eigenvalue weighted by molar-refractivity contribution is -0.242. The molecule has 2 unspecified atom stereocenters. The molecular formula is C26H22ClF4N5O4. The number of carbonyl (C=O) groups excluding carboxylic acids is 2. The van der Waals surface area contributed by atoms with E-state index < -0.39 is 30.0 Å². The maximum atomic E-state index is 13.6. The summed E-state index contributed by atoms with van der Waals surface area (Å²) in [5, 5.41) is 4.09. The van der Waals surface area contributed by atoms with Crippen LogP contribution in [0.5, 0.6) is 5.75 Å². The summed E-state index contributed by atoms with van der Waals surface area (Å²) in [6.45, 7) is 0.163. The third-order valence-electron chi connectivity index (χ3n) is 6.55. The van der Waals surface area contributed by atoms with Gasteiger partial charge in [-0.05, 0) is 29.8 Å². The maximum Gasteiger partial charge on any atom is 0.493 e. The van der Waals surface area contributed by atoms with Crippen LogP contribution in [0.1, 0.15) is 24.3 Å². The van der Waals surface area contributed by atoms with E-state index in [2.05, 4.69) is 10.3 Å². The molecule has 1 fully saturated rings. The molecule has 2 aromatic carbocycles. The van der Waals surface area contributed by atoms with Gasteiger partial charge in [-0.1, -0.05) is 23.7 Å². The number of aromatic nitrogens is 2. The number of imidazole rings is 1. The minimum Gasteiger partial charge on any atom is -0.494 e. The van der Waals surface area contributed by atoms with E-state index in [0.29, 0.717) is 22.7 Å². The fourth-order valence-corrected chi connectivity index (χ4v) is 4.89. The van der Waals surface area contributed by atoms with Gasteiger partial charge in [0.15, 0.2) is 5.82 Å². The number of ketones is 1. The molecule has 0 spiro atoms. The molecule has 2 aliphatic heterocycles. The second-order valence-corrected chi connectivity index (χ2v) is 9.52. The first-order valence-electron chi connectivity index (χ1n) is 12.0. The number of rotatable bonds is 6. The number of hydrogen-bond acceptors (Lipinski definition) is 8. The molecule has 1 N–H and O–H groups in total. The van der Waals surface area contributed by atoms with Crippen LogP contribution in [-0.2, 0) is 14.4 Å². The van der Waals surface area contributed by atoms with Crippen LogP contribution in [0.25, 0.3) is 5.69 Å². The van der Waals surface area contributed by atoms with Crippen molar-refractivity contribution in [3.63, 3.8) is 0 Å². The summed E-state index contributed by atoms with van der Waals surface area (Å²) < 4.78 is 60.7. The van der Waals surface area contributed by atoms with Crippen LogP contribution in [0, 0.1) is 5.82 Å². The number of ether oxygens (including phenoxy) is 1. The topological polar surface area (TPSA) is 88.9 Å². The van der Waals surface area contributed by atoms with Gasteiger partial charge >= 0.3 is 12.1 Å². The summed E-state index contributed by atoms with van der Waals surface area (Å²) in [6.07, 6.45) is -1.68. The van der Waals surface area contributed by atoms with Crippen molar-refractivity contribution in [2.45, 2.75) is 31.1 Å². The molecule has 0 saturated carbocycles. The van der Waals surface area contributed by atoms with Crippen LogP contribution >= 0.6 is 11.6 Å². The number of alkyl halides is 3. The number of methoxy groups -OCH3 is 1. The van der Waals surface area contributed by atoms with E-state index in [1.54, 1.807) is 33.9 Å². The normalized spacial score (nSPS) is 19.1. The van der Waals surface area contributed by atoms with Gasteiger partial charge in [0.1, 0.15) is 35.0 Å². The minimum atomic E-state index is -5.28. The predicted octanol–water partition coefficient (Wildman–Crippen LogP) is 5.00. The number of anilines is 1. The second-order valence-electron chi connectivity index (χ2n) is 9.13. The third kappa shape index (κ3) is 5.55. The first-order valence-corrected chi connectivity index (χ1v) is 12.4. The summed E-state index contributed by atoms with van der Waals surface area (Å²) in [5.41, 5.74) is 1.49. The Bertz CT molecular complexity index is 1460. The standard InChI is InChI=1S/C26H22ClF4N5O4/c1-39-21-10-17(6-7-20(21)35-12-22(27)32-14-35)33-23-13-34-9-8-18(37)11-19(15-2-4-16(28)5-3-15)24(34)36(23)40-25(38)26(29,30)31/h2-7,10,12-14,19,24,33H,8-9,11H2,1H3. The molecule has 0 aliphatic carbocycles. The van der Waals surface area contributed by atoms with Crippen molar-refractivity contribution in [1.82, 2.24) is 19.5 Å². The summed E-state index contributed by atoms with van der Waals surface area (Å²) >= 11 is 5.92. The van der Waals surface area contributed by atoms with Gasteiger partial charge in [-0.25, -0.2) is 14.2 Å². The van der Waals surface area contributed by atoms with Crippen LogP contribution in [0.2, 0.25) is 5.15 Å². The van der Waals surface area contributed by atoms with Crippen LogP contribution in [0.4, 0.5) is 23.2 Å². The van der Waals surface area contributed by atoms with E-state index in [0.717, 1.165) is 5.06 Å². The van der Waals surface area contributed by atoms with Crippen molar-refractivity contribution in [2.75, 3.05) is 19.0 Å². The van der Waals surface area contributed by atoms with Gasteiger partial charge in [0, 0.05) is 49.5 Å². The van der Waals surface area contributed by atoms with Gasteiger partial charge in [0.25, 0.3) is 0 Å². The molecule has 40 heavy (non-hydrogen) atoms. The van der Waals surface area contributed by atoms with E-state index in [4.69, 9.17) is 21.2 Å². The molecule has 9 nitrogen and oxygen atoms in total. The molecule has 5 rings (SSSR count). The average Bonchev–Trinajstić information content (AvgIpc) is 3.44. The fourth-order valence-electron chi connectivity index (χ4n) is 4.74. The number of nitrogens with one attached hydrogen (secondary N) is 1. The Morgan fingerprint density at radius 3 is 2.58 bits per heavy atom. The second kappa shape index (κ2) is 10.7. The first-order chi connectivity index (χ1) is 19.0. The quantitative estimate of drug-likeness (QED) is 0.409. The first kappa shape index (κ1) is 27.3. The Morgan fingerprint density at radius 2 is 1.93 bits per heavy atom. The lowest BCUT2D eigenvalue weighted by Gasteiger charge is -2.36. The van der Waals surface area contributed by atoms with Crippen LogP contribution in [0.15, 0.2) is 67.0 Å². The lowest BCUT2D eigenvalue weighted by atomic mass is 9.91. The Balaban J connectivity index is 1.51. The highest BCUT2D eigenvalue weighted by Gasteiger charge is 2.49. The van der Waals surface area contributed by atoms with Gasteiger partial charge in [-0.15, -0.1) is 0 Å². The monoisotopic (exact) mass is 579 g/mol. The van der Waals surface area contributed by atoms with Crippen molar-refractivity contribution in [3.05, 3.63) is 83.5 Å². The zero-order valence-electron chi connectivity index (χ0n) is 20.9. The highest BCUT2D eigenvalue weighted by Crippen LogP contribution is 2.40. The Hall–Kier alpha value is -4.26. The number of benzene rings is 2. The molecule has 1 aromatic heterocycles. The van der Waals surface area contributed by atoms with E-state index >= 15 is 0 Å². The van der Waals surface area contributed by atoms with Crippen molar-refractivity contribution in [1.29, 1.82) is 0 Å². The Kier molecular flexibility index (Phi) is 7.32. The van der Waals surface area contributed by atoms with Crippen molar-refractivity contribution >= 4 is 29.0 Å². The van der Waals surface area contributed by atoms with Crippen LogP contribution < -0.4 is 10.1 Å². The molecule has 210 valence electrons. The van der Waals surface area contributed by atoms with Crippen molar-refractivity contribution in [3.8, 4) is 11.4 Å². The number of halogens is 5. The number of carbonyl (C=O) groups is 2. The number of hydrogen-bond donors (Lipinski definition) is 1. The van der Waals surface area contributed by atoms with Gasteiger partial charge in [-0.3, -0.25) is 4.79 Å². The van der Waals surface area contributed by atoms with Crippen molar-refractivity contribution < 1.29 is 36.7 Å². The fraction of sp³-hybridized carbons (Fsp3) is 0.269. The molecule has 14 heteroatoms. The molecule has 0 amide bonds. The third-order valence-corrected chi connectivity index (χ3v) is 6.75. The number of Topliss-reactive ketones (excluding diaryl/α,β-unsaturated/α-hetero) is 1. The summed E-state index contributed by atoms with van der Waals surface area (Å²) in [7, 11) is 1.45. The minimum absolute atomic E-state index is 0.0181. The average molecular weight is 580 g/mol. The maximum absolute atomic E-state index is 13.6. The molecule has 2 atom stereocenters. The van der Waals surface area contributed by atoms with Crippen molar-refractivity contribution in [2.24, 2.45) is 0 Å². The zero-order chi connectivity index (χ0) is 28.6. The largest absolute Gasteiger partial charge is 0.494 e. The van der Waals surface area contributed by atoms with E-state index in [9.17, 15) is 27.2 Å². The van der Waals surface area contributed by atoms with Gasteiger partial charge < -0.3 is 24.4 Å². The van der Waals surface area contributed by atoms with E-state index in [1.807, 2.05) is 0 Å². The van der Waals surface area contributed by atoms with Crippen LogP contribution in [0.3, 0.4) is 0 Å². The van der Waals surface area contributed by atoms with Crippen LogP contribution in [-0.4, -0.2) is 57.3 Å². The highest BCUT2D eigenvalue weighted by atomic mass is 35.5. The zero-order valence-corrected chi connectivity index (χ0v) is 21.6. The van der Waals surface area contributed by atoms with Gasteiger partial charge in [0.05, 0.1) is 12.8 Å². The summed E-state index contributed by atoms with van der Waals surface area (Å²) in [6, 6.07) is 10.2. The van der Waals surface area contributed by atoms with Gasteiger partial charge in [0.2, 0.25) is 0 Å². The lowest BCUT2D eigenvalue weighted by Crippen LogP contribution is -2.47. The smallest absolute Gasteiger partial charge is 0.493 e. The number of hydroxylamine groups is 2. The van der Waals surface area contributed by atoms with Gasteiger partial charge in [-0.2, -0.15) is 18.2 Å². The number of nitrogens with zero attached hydrogens (tertiary/aromatic N) is 4. The molecule has 0 bridgehead atoms. The highest BCUT2D eigenvalue weighted by molar-refractivity contribution is 6.29. The molecular weight excluding hydrogens is 558 g/mol. The van der Waals surface area contributed by atoms with E-state index in [1.165, 1.54) is 43.9 Å². The predicted molar refractivity (Wildman–Crippen MR) is 135 cm³/mol. The number of fused-ring (bicyclic) bond motifs is 1. The summed E-state index contributed by atoms with van der Waals surface area (Å²) in [5.74, 6) is -3.40. The Labute approximate surface area is 230 Å². The molecule has 2 aliphatic rings. The molecule has 0 radical (unpaired) electrons.